The summed E-state index contributed by atoms with van der Waals surface area (Å²) in [5.74, 6) is 1.25. The van der Waals surface area contributed by atoms with Gasteiger partial charge in [-0.3, -0.25) is 0 Å². The number of fused-ring (bicyclic) bond motifs is 2. The van der Waals surface area contributed by atoms with Crippen LogP contribution in [-0.2, 0) is 6.54 Å². The summed E-state index contributed by atoms with van der Waals surface area (Å²) in [6.45, 7) is 7.13. The number of hydrogen-bond acceptors (Lipinski definition) is 6. The van der Waals surface area contributed by atoms with Gasteiger partial charge in [-0.15, -0.1) is 0 Å². The van der Waals surface area contributed by atoms with Crippen LogP contribution in [0.4, 0.5) is 5.82 Å². The van der Waals surface area contributed by atoms with E-state index in [2.05, 4.69) is 22.1 Å². The first-order valence-electron chi connectivity index (χ1n) is 9.67. The van der Waals surface area contributed by atoms with Gasteiger partial charge in [-0.2, -0.15) is 5.10 Å². The van der Waals surface area contributed by atoms with Gasteiger partial charge >= 0.3 is 0 Å². The van der Waals surface area contributed by atoms with Crippen LogP contribution in [0.1, 0.15) is 20.8 Å². The van der Waals surface area contributed by atoms with Crippen molar-refractivity contribution in [1.82, 2.24) is 19.7 Å². The fraction of sp³-hybridized carbons (Fsp3) is 0.318. The van der Waals surface area contributed by atoms with Gasteiger partial charge in [0.15, 0.2) is 5.65 Å². The highest BCUT2D eigenvalue weighted by molar-refractivity contribution is 6.00. The molecule has 4 aromatic rings. The Labute approximate surface area is 169 Å². The number of aromatic nitrogens is 4. The topological polar surface area (TPSA) is 99.1 Å². The first-order valence-corrected chi connectivity index (χ1v) is 9.67. The van der Waals surface area contributed by atoms with E-state index in [-0.39, 0.29) is 12.0 Å². The molecular formula is C22H25N5O2. The highest BCUT2D eigenvalue weighted by Gasteiger charge is 2.23. The van der Waals surface area contributed by atoms with E-state index in [9.17, 15) is 5.11 Å². The first-order chi connectivity index (χ1) is 13.9. The molecule has 0 saturated carbocycles. The van der Waals surface area contributed by atoms with Crippen molar-refractivity contribution in [2.24, 2.45) is 5.41 Å². The van der Waals surface area contributed by atoms with Crippen molar-refractivity contribution >= 4 is 27.6 Å². The number of benzene rings is 2. The minimum absolute atomic E-state index is 0.0440. The van der Waals surface area contributed by atoms with Gasteiger partial charge in [0.25, 0.3) is 0 Å². The Balaban J connectivity index is 1.86. The van der Waals surface area contributed by atoms with Gasteiger partial charge in [-0.05, 0) is 35.9 Å². The zero-order valence-electron chi connectivity index (χ0n) is 16.9. The largest absolute Gasteiger partial charge is 0.494 e. The minimum atomic E-state index is -0.338. The van der Waals surface area contributed by atoms with Crippen LogP contribution in [0.3, 0.4) is 0 Å². The van der Waals surface area contributed by atoms with Crippen molar-refractivity contribution in [1.29, 1.82) is 0 Å². The fourth-order valence-electron chi connectivity index (χ4n) is 3.43. The second-order valence-corrected chi connectivity index (χ2v) is 7.94. The lowest BCUT2D eigenvalue weighted by Gasteiger charge is -2.21. The van der Waals surface area contributed by atoms with Crippen molar-refractivity contribution < 1.29 is 9.84 Å². The number of nitrogens with zero attached hydrogens (tertiary/aromatic N) is 4. The first kappa shape index (κ1) is 19.1. The lowest BCUT2D eigenvalue weighted by atomic mass is 9.95. The molecule has 0 aliphatic carbocycles. The normalized spacial score (nSPS) is 12.0. The smallest absolute Gasteiger partial charge is 0.163 e. The molecule has 0 unspecified atom stereocenters. The molecule has 0 spiro atoms. The number of nitrogen functional groups attached to an aromatic ring is 1. The van der Waals surface area contributed by atoms with Crippen LogP contribution < -0.4 is 10.5 Å². The number of nitrogens with two attached hydrogens (primary N) is 1. The summed E-state index contributed by atoms with van der Waals surface area (Å²) in [5.41, 5.74) is 8.21. The molecule has 0 atom stereocenters. The molecule has 0 aliphatic heterocycles. The number of hydrogen-bond donors (Lipinski definition) is 2. The van der Waals surface area contributed by atoms with Gasteiger partial charge in [0.1, 0.15) is 23.6 Å². The molecule has 0 saturated heterocycles. The number of ether oxygens (including phenoxy) is 1. The molecule has 2 heterocycles. The van der Waals surface area contributed by atoms with Gasteiger partial charge in [-0.25, -0.2) is 14.6 Å². The number of aliphatic hydroxyl groups is 1. The van der Waals surface area contributed by atoms with Crippen LogP contribution in [0, 0.1) is 5.41 Å². The third kappa shape index (κ3) is 3.61. The molecule has 0 fully saturated rings. The second-order valence-electron chi connectivity index (χ2n) is 7.94. The van der Waals surface area contributed by atoms with Crippen molar-refractivity contribution in [3.05, 3.63) is 42.7 Å². The lowest BCUT2D eigenvalue weighted by Crippen LogP contribution is -2.24. The van der Waals surface area contributed by atoms with Crippen LogP contribution in [-0.4, -0.2) is 38.1 Å². The van der Waals surface area contributed by atoms with Gasteiger partial charge in [0.2, 0.25) is 0 Å². The monoisotopic (exact) mass is 391 g/mol. The van der Waals surface area contributed by atoms with Crippen molar-refractivity contribution in [3.63, 3.8) is 0 Å². The minimum Gasteiger partial charge on any atom is -0.494 e. The lowest BCUT2D eigenvalue weighted by molar-refractivity contribution is 0.138. The summed E-state index contributed by atoms with van der Waals surface area (Å²) in [7, 11) is 0. The van der Waals surface area contributed by atoms with Crippen molar-refractivity contribution in [3.8, 4) is 17.0 Å². The molecule has 0 radical (unpaired) electrons. The van der Waals surface area contributed by atoms with Crippen molar-refractivity contribution in [2.75, 3.05) is 18.9 Å². The molecule has 3 N–H and O–H groups in total. The number of anilines is 1. The average molecular weight is 391 g/mol. The summed E-state index contributed by atoms with van der Waals surface area (Å²) in [6, 6.07) is 12.2. The van der Waals surface area contributed by atoms with Crippen LogP contribution in [0.15, 0.2) is 42.7 Å². The highest BCUT2D eigenvalue weighted by atomic mass is 16.5. The van der Waals surface area contributed by atoms with Gasteiger partial charge < -0.3 is 15.6 Å². The van der Waals surface area contributed by atoms with E-state index >= 15 is 0 Å². The Morgan fingerprint density at radius 2 is 1.86 bits per heavy atom. The molecule has 0 amide bonds. The molecular weight excluding hydrogens is 366 g/mol. The second kappa shape index (κ2) is 7.33. The molecule has 2 aromatic heterocycles. The quantitative estimate of drug-likeness (QED) is 0.520. The van der Waals surface area contributed by atoms with E-state index in [0.29, 0.717) is 24.6 Å². The summed E-state index contributed by atoms with van der Waals surface area (Å²) in [6.07, 6.45) is 1.45. The van der Waals surface area contributed by atoms with E-state index in [1.165, 1.54) is 6.33 Å². The summed E-state index contributed by atoms with van der Waals surface area (Å²) in [4.78, 5) is 8.58. The van der Waals surface area contributed by atoms with Crippen LogP contribution >= 0.6 is 0 Å². The van der Waals surface area contributed by atoms with Gasteiger partial charge in [0.05, 0.1) is 18.5 Å². The zero-order chi connectivity index (χ0) is 20.6. The Hall–Kier alpha value is -3.19. The predicted octanol–water partition coefficient (Wildman–Crippen LogP) is 3.65. The Morgan fingerprint density at radius 3 is 2.62 bits per heavy atom. The van der Waals surface area contributed by atoms with Crippen LogP contribution in [0.5, 0.6) is 5.75 Å². The molecule has 0 bridgehead atoms. The van der Waals surface area contributed by atoms with Crippen LogP contribution in [0.2, 0.25) is 0 Å². The van der Waals surface area contributed by atoms with E-state index in [4.69, 9.17) is 15.6 Å². The summed E-state index contributed by atoms with van der Waals surface area (Å²) >= 11 is 0. The number of rotatable bonds is 6. The van der Waals surface area contributed by atoms with Crippen LogP contribution in [0.25, 0.3) is 33.1 Å². The maximum absolute atomic E-state index is 9.68. The Kier molecular flexibility index (Phi) is 4.84. The predicted molar refractivity (Wildman–Crippen MR) is 115 cm³/mol. The summed E-state index contributed by atoms with van der Waals surface area (Å²) < 4.78 is 7.40. The Bertz CT molecular complexity index is 1180. The Morgan fingerprint density at radius 1 is 1.10 bits per heavy atom. The van der Waals surface area contributed by atoms with E-state index in [1.54, 1.807) is 4.68 Å². The average Bonchev–Trinajstić information content (AvgIpc) is 3.07. The molecule has 150 valence electrons. The van der Waals surface area contributed by atoms with E-state index in [1.807, 2.05) is 45.0 Å². The highest BCUT2D eigenvalue weighted by Crippen LogP contribution is 2.33. The van der Waals surface area contributed by atoms with E-state index < -0.39 is 0 Å². The molecule has 4 rings (SSSR count). The van der Waals surface area contributed by atoms with Gasteiger partial charge in [0, 0.05) is 17.6 Å². The van der Waals surface area contributed by atoms with Gasteiger partial charge in [-0.1, -0.05) is 32.0 Å². The fourth-order valence-corrected chi connectivity index (χ4v) is 3.43. The third-order valence-corrected chi connectivity index (χ3v) is 4.96. The molecule has 2 aromatic carbocycles. The maximum Gasteiger partial charge on any atom is 0.163 e. The SMILES string of the molecule is CCOc1ccc2cc(-c3nn(CC(C)(C)CO)c4ncnc(N)c34)ccc2c1. The molecule has 7 heteroatoms. The van der Waals surface area contributed by atoms with E-state index in [0.717, 1.165) is 33.2 Å². The van der Waals surface area contributed by atoms with Crippen molar-refractivity contribution in [2.45, 2.75) is 27.3 Å². The molecule has 29 heavy (non-hydrogen) atoms. The third-order valence-electron chi connectivity index (χ3n) is 4.96. The molecule has 0 aliphatic rings. The maximum atomic E-state index is 9.68. The summed E-state index contributed by atoms with van der Waals surface area (Å²) in [5, 5.41) is 17.4. The molecule has 7 nitrogen and oxygen atoms in total. The number of aliphatic hydroxyl groups excluding tert-OH is 1. The standard InChI is InChI=1S/C22H25N5O2/c1-4-29-17-8-7-14-9-16(6-5-15(14)10-17)19-18-20(23)24-13-25-21(18)27(26-19)11-22(2,3)12-28/h5-10,13,28H,4,11-12H2,1-3H3,(H2,23,24,25). The zero-order valence-corrected chi connectivity index (χ0v) is 16.9.